The van der Waals surface area contributed by atoms with Crippen molar-refractivity contribution in [3.8, 4) is 6.07 Å². The van der Waals surface area contributed by atoms with E-state index in [2.05, 4.69) is 5.32 Å². The number of carbonyl (C=O) groups is 1. The van der Waals surface area contributed by atoms with Crippen molar-refractivity contribution in [1.82, 2.24) is 4.57 Å². The van der Waals surface area contributed by atoms with Gasteiger partial charge in [-0.2, -0.15) is 5.26 Å². The number of hydrogen-bond acceptors (Lipinski definition) is 2. The van der Waals surface area contributed by atoms with E-state index in [-0.39, 0.29) is 5.91 Å². The zero-order valence-corrected chi connectivity index (χ0v) is 11.5. The summed E-state index contributed by atoms with van der Waals surface area (Å²) < 4.78 is 1.87. The van der Waals surface area contributed by atoms with Gasteiger partial charge in [-0.1, -0.05) is 18.2 Å². The molecule has 4 nitrogen and oxygen atoms in total. The Morgan fingerprint density at radius 2 is 1.86 bits per heavy atom. The van der Waals surface area contributed by atoms with E-state index in [9.17, 15) is 4.79 Å². The first-order valence-corrected chi connectivity index (χ1v) is 6.55. The van der Waals surface area contributed by atoms with Gasteiger partial charge in [0.2, 0.25) is 0 Å². The van der Waals surface area contributed by atoms with Gasteiger partial charge in [-0.15, -0.1) is 0 Å². The molecule has 1 heterocycles. The largest absolute Gasteiger partial charge is 0.340 e. The van der Waals surface area contributed by atoms with E-state index in [1.807, 2.05) is 48.0 Å². The average molecular weight is 275 g/mol. The van der Waals surface area contributed by atoms with E-state index in [4.69, 9.17) is 5.26 Å². The number of fused-ring (bicyclic) bond motifs is 1. The first-order chi connectivity index (χ1) is 10.2. The fraction of sp³-hybridized carbons (Fsp3) is 0.0588. The first kappa shape index (κ1) is 12.9. The van der Waals surface area contributed by atoms with E-state index < -0.39 is 0 Å². The summed E-state index contributed by atoms with van der Waals surface area (Å²) in [7, 11) is 1.87. The Balaban J connectivity index is 1.90. The Morgan fingerprint density at radius 3 is 2.52 bits per heavy atom. The van der Waals surface area contributed by atoms with Crippen LogP contribution in [0.5, 0.6) is 0 Å². The standard InChI is InChI=1S/C17H13N3O/c1-20-15-5-3-2-4-13(15)10-16(20)17(21)19-14-8-6-12(11-18)7-9-14/h2-10H,1H3,(H,19,21). The minimum absolute atomic E-state index is 0.168. The van der Waals surface area contributed by atoms with Crippen molar-refractivity contribution in [3.05, 3.63) is 65.9 Å². The summed E-state index contributed by atoms with van der Waals surface area (Å²) in [4.78, 5) is 12.4. The minimum atomic E-state index is -0.168. The summed E-state index contributed by atoms with van der Waals surface area (Å²) in [6.07, 6.45) is 0. The number of para-hydroxylation sites is 1. The smallest absolute Gasteiger partial charge is 0.272 e. The van der Waals surface area contributed by atoms with Crippen LogP contribution in [-0.2, 0) is 7.05 Å². The van der Waals surface area contributed by atoms with Gasteiger partial charge in [0.1, 0.15) is 5.69 Å². The van der Waals surface area contributed by atoms with Crippen molar-refractivity contribution in [2.45, 2.75) is 0 Å². The fourth-order valence-electron chi connectivity index (χ4n) is 2.33. The third-order valence-electron chi connectivity index (χ3n) is 3.46. The van der Waals surface area contributed by atoms with Crippen molar-refractivity contribution in [3.63, 3.8) is 0 Å². The molecule has 0 bridgehead atoms. The van der Waals surface area contributed by atoms with Crippen LogP contribution in [0.25, 0.3) is 10.9 Å². The number of anilines is 1. The SMILES string of the molecule is Cn1c(C(=O)Nc2ccc(C#N)cc2)cc2ccccc21. The average Bonchev–Trinajstić information content (AvgIpc) is 2.86. The molecular formula is C17H13N3O. The summed E-state index contributed by atoms with van der Waals surface area (Å²) in [5, 5.41) is 12.6. The van der Waals surface area contributed by atoms with Crippen molar-refractivity contribution in [2.24, 2.45) is 7.05 Å². The number of aromatic nitrogens is 1. The molecular weight excluding hydrogens is 262 g/mol. The molecule has 0 fully saturated rings. The summed E-state index contributed by atoms with van der Waals surface area (Å²) in [6.45, 7) is 0. The summed E-state index contributed by atoms with van der Waals surface area (Å²) in [5.74, 6) is -0.168. The lowest BCUT2D eigenvalue weighted by Gasteiger charge is -2.06. The van der Waals surface area contributed by atoms with Gasteiger partial charge >= 0.3 is 0 Å². The Hall–Kier alpha value is -3.06. The lowest BCUT2D eigenvalue weighted by Crippen LogP contribution is -2.15. The summed E-state index contributed by atoms with van der Waals surface area (Å²) in [5.41, 5.74) is 2.85. The minimum Gasteiger partial charge on any atom is -0.340 e. The molecule has 21 heavy (non-hydrogen) atoms. The van der Waals surface area contributed by atoms with E-state index in [0.29, 0.717) is 16.9 Å². The van der Waals surface area contributed by atoms with Crippen LogP contribution in [0.4, 0.5) is 5.69 Å². The Morgan fingerprint density at radius 1 is 1.14 bits per heavy atom. The Kier molecular flexibility index (Phi) is 3.17. The predicted molar refractivity (Wildman–Crippen MR) is 82.0 cm³/mol. The first-order valence-electron chi connectivity index (χ1n) is 6.55. The topological polar surface area (TPSA) is 57.8 Å². The molecule has 3 aromatic rings. The molecule has 0 unspecified atom stereocenters. The quantitative estimate of drug-likeness (QED) is 0.780. The second-order valence-electron chi connectivity index (χ2n) is 4.79. The molecule has 0 radical (unpaired) electrons. The van der Waals surface area contributed by atoms with Gasteiger partial charge < -0.3 is 9.88 Å². The maximum Gasteiger partial charge on any atom is 0.272 e. The molecule has 102 valence electrons. The maximum absolute atomic E-state index is 12.4. The molecule has 0 aliphatic rings. The van der Waals surface area contributed by atoms with Crippen LogP contribution in [0.2, 0.25) is 0 Å². The van der Waals surface area contributed by atoms with Gasteiger partial charge in [-0.3, -0.25) is 4.79 Å². The molecule has 0 aliphatic carbocycles. The summed E-state index contributed by atoms with van der Waals surface area (Å²) in [6, 6.07) is 18.6. The monoisotopic (exact) mass is 275 g/mol. The molecule has 0 saturated heterocycles. The number of nitrogens with one attached hydrogen (secondary N) is 1. The van der Waals surface area contributed by atoms with Gasteiger partial charge in [0.15, 0.2) is 0 Å². The summed E-state index contributed by atoms with van der Waals surface area (Å²) >= 11 is 0. The highest BCUT2D eigenvalue weighted by Crippen LogP contribution is 2.19. The van der Waals surface area contributed by atoms with E-state index in [1.165, 1.54) is 0 Å². The normalized spacial score (nSPS) is 10.3. The molecule has 0 spiro atoms. The second-order valence-corrected chi connectivity index (χ2v) is 4.79. The van der Waals surface area contributed by atoms with Crippen LogP contribution in [0.1, 0.15) is 16.1 Å². The van der Waals surface area contributed by atoms with Crippen LogP contribution in [0.15, 0.2) is 54.6 Å². The van der Waals surface area contributed by atoms with Crippen molar-refractivity contribution < 1.29 is 4.79 Å². The number of benzene rings is 2. The van der Waals surface area contributed by atoms with Gasteiger partial charge in [0.05, 0.1) is 11.6 Å². The molecule has 1 N–H and O–H groups in total. The maximum atomic E-state index is 12.4. The van der Waals surface area contributed by atoms with Crippen molar-refractivity contribution in [2.75, 3.05) is 5.32 Å². The van der Waals surface area contributed by atoms with Crippen LogP contribution >= 0.6 is 0 Å². The fourth-order valence-corrected chi connectivity index (χ4v) is 2.33. The number of rotatable bonds is 2. The lowest BCUT2D eigenvalue weighted by atomic mass is 10.2. The van der Waals surface area contributed by atoms with Crippen LogP contribution in [0, 0.1) is 11.3 Å². The molecule has 0 saturated carbocycles. The Labute approximate surface area is 122 Å². The van der Waals surface area contributed by atoms with Gasteiger partial charge in [-0.05, 0) is 36.4 Å². The number of nitriles is 1. The highest BCUT2D eigenvalue weighted by atomic mass is 16.1. The molecule has 0 aliphatic heterocycles. The zero-order valence-electron chi connectivity index (χ0n) is 11.5. The number of carbonyl (C=O) groups excluding carboxylic acids is 1. The number of nitrogens with zero attached hydrogens (tertiary/aromatic N) is 2. The molecule has 0 atom stereocenters. The third-order valence-corrected chi connectivity index (χ3v) is 3.46. The van der Waals surface area contributed by atoms with Crippen LogP contribution in [0.3, 0.4) is 0 Å². The van der Waals surface area contributed by atoms with Crippen molar-refractivity contribution >= 4 is 22.5 Å². The van der Waals surface area contributed by atoms with E-state index >= 15 is 0 Å². The molecule has 1 amide bonds. The van der Waals surface area contributed by atoms with Crippen LogP contribution in [-0.4, -0.2) is 10.5 Å². The van der Waals surface area contributed by atoms with Crippen LogP contribution < -0.4 is 5.32 Å². The number of amides is 1. The predicted octanol–water partition coefficient (Wildman–Crippen LogP) is 3.30. The van der Waals surface area contributed by atoms with Crippen molar-refractivity contribution in [1.29, 1.82) is 5.26 Å². The van der Waals surface area contributed by atoms with E-state index in [1.54, 1.807) is 24.3 Å². The molecule has 4 heteroatoms. The highest BCUT2D eigenvalue weighted by Gasteiger charge is 2.13. The molecule has 2 aromatic carbocycles. The number of hydrogen-bond donors (Lipinski definition) is 1. The van der Waals surface area contributed by atoms with E-state index in [0.717, 1.165) is 10.9 Å². The second kappa shape index (κ2) is 5.14. The van der Waals surface area contributed by atoms with Gasteiger partial charge in [0.25, 0.3) is 5.91 Å². The lowest BCUT2D eigenvalue weighted by molar-refractivity contribution is 0.102. The third kappa shape index (κ3) is 2.37. The zero-order chi connectivity index (χ0) is 14.8. The number of aryl methyl sites for hydroxylation is 1. The van der Waals surface area contributed by atoms with Gasteiger partial charge in [0, 0.05) is 23.6 Å². The molecule has 3 rings (SSSR count). The molecule has 1 aromatic heterocycles. The van der Waals surface area contributed by atoms with Gasteiger partial charge in [-0.25, -0.2) is 0 Å². The Bertz CT molecular complexity index is 854. The highest BCUT2D eigenvalue weighted by molar-refractivity contribution is 6.06.